The van der Waals surface area contributed by atoms with E-state index in [1.807, 2.05) is 42.3 Å². The molecule has 1 amide bonds. The van der Waals surface area contributed by atoms with E-state index in [1.165, 1.54) is 0 Å². The largest absolute Gasteiger partial charge is 0.333 e. The molecule has 3 heteroatoms. The molecule has 0 atom stereocenters. The Labute approximate surface area is 83.1 Å². The maximum Gasteiger partial charge on any atom is 0.247 e. The van der Waals surface area contributed by atoms with Crippen molar-refractivity contribution in [2.75, 3.05) is 11.9 Å². The first-order chi connectivity index (χ1) is 6.77. The second-order valence-electron chi connectivity index (χ2n) is 3.32. The van der Waals surface area contributed by atoms with Gasteiger partial charge >= 0.3 is 0 Å². The third-order valence-corrected chi connectivity index (χ3v) is 2.35. The molecule has 0 fully saturated rings. The molecule has 0 unspecified atom stereocenters. The maximum atomic E-state index is 11.0. The van der Waals surface area contributed by atoms with Gasteiger partial charge in [-0.3, -0.25) is 4.79 Å². The summed E-state index contributed by atoms with van der Waals surface area (Å²) >= 11 is 0. The van der Waals surface area contributed by atoms with Gasteiger partial charge in [0.05, 0.1) is 0 Å². The van der Waals surface area contributed by atoms with Gasteiger partial charge in [-0.25, -0.2) is 0 Å². The highest BCUT2D eigenvalue weighted by atomic mass is 16.1. The van der Waals surface area contributed by atoms with Crippen LogP contribution in [-0.4, -0.2) is 18.8 Å². The van der Waals surface area contributed by atoms with Crippen molar-refractivity contribution in [3.8, 4) is 0 Å². The Hall–Kier alpha value is -1.64. The van der Waals surface area contributed by atoms with Gasteiger partial charge in [-0.1, -0.05) is 18.2 Å². The molecular formula is C11H12N2O. The first-order valence-corrected chi connectivity index (χ1v) is 4.66. The zero-order valence-corrected chi connectivity index (χ0v) is 8.10. The molecule has 1 aromatic carbocycles. The summed E-state index contributed by atoms with van der Waals surface area (Å²) in [4.78, 5) is 16.9. The van der Waals surface area contributed by atoms with E-state index < -0.39 is 0 Å². The van der Waals surface area contributed by atoms with Crippen LogP contribution in [0.5, 0.6) is 0 Å². The Morgan fingerprint density at radius 3 is 2.50 bits per heavy atom. The topological polar surface area (TPSA) is 32.7 Å². The fourth-order valence-electron chi connectivity index (χ4n) is 1.52. The second kappa shape index (κ2) is 3.62. The summed E-state index contributed by atoms with van der Waals surface area (Å²) in [6.07, 6.45) is 1.30. The number of hydrogen-bond donors (Lipinski definition) is 0. The average Bonchev–Trinajstić information content (AvgIpc) is 2.65. The van der Waals surface area contributed by atoms with Crippen molar-refractivity contribution in [2.45, 2.75) is 12.8 Å². The Morgan fingerprint density at radius 2 is 1.93 bits per heavy atom. The van der Waals surface area contributed by atoms with Crippen LogP contribution in [0.2, 0.25) is 0 Å². The predicted molar refractivity (Wildman–Crippen MR) is 56.5 cm³/mol. The fourth-order valence-corrected chi connectivity index (χ4v) is 1.52. The fraction of sp³-hybridized carbons (Fsp3) is 0.273. The normalized spacial score (nSPS) is 15.5. The number of rotatable bonds is 1. The van der Waals surface area contributed by atoms with E-state index in [9.17, 15) is 4.79 Å². The number of para-hydroxylation sites is 1. The van der Waals surface area contributed by atoms with Gasteiger partial charge in [0.2, 0.25) is 5.91 Å². The van der Waals surface area contributed by atoms with Crippen LogP contribution >= 0.6 is 0 Å². The van der Waals surface area contributed by atoms with Crippen LogP contribution < -0.4 is 4.90 Å². The third-order valence-electron chi connectivity index (χ3n) is 2.35. The van der Waals surface area contributed by atoms with E-state index in [4.69, 9.17) is 0 Å². The first kappa shape index (κ1) is 8.94. The molecule has 0 radical (unpaired) electrons. The van der Waals surface area contributed by atoms with E-state index in [1.54, 1.807) is 0 Å². The smallest absolute Gasteiger partial charge is 0.247 e. The molecule has 72 valence electrons. The Balaban J connectivity index is 2.21. The first-order valence-electron chi connectivity index (χ1n) is 4.66. The number of anilines is 1. The predicted octanol–water partition coefficient (Wildman–Crippen LogP) is 1.84. The lowest BCUT2D eigenvalue weighted by molar-refractivity contribution is -0.117. The third kappa shape index (κ3) is 1.66. The molecule has 0 bridgehead atoms. The van der Waals surface area contributed by atoms with Crippen molar-refractivity contribution in [3.63, 3.8) is 0 Å². The Morgan fingerprint density at radius 1 is 1.21 bits per heavy atom. The van der Waals surface area contributed by atoms with Crippen LogP contribution in [0.1, 0.15) is 12.8 Å². The monoisotopic (exact) mass is 188 g/mol. The minimum absolute atomic E-state index is 0.0113. The van der Waals surface area contributed by atoms with Gasteiger partial charge in [0.25, 0.3) is 0 Å². The number of nitrogens with zero attached hydrogens (tertiary/aromatic N) is 2. The number of carbonyl (C=O) groups is 1. The van der Waals surface area contributed by atoms with Gasteiger partial charge in [-0.15, -0.1) is 0 Å². The molecule has 1 heterocycles. The Bertz CT molecular complexity index is 370. The van der Waals surface area contributed by atoms with Crippen LogP contribution in [-0.2, 0) is 4.79 Å². The van der Waals surface area contributed by atoms with Crippen molar-refractivity contribution >= 4 is 17.4 Å². The van der Waals surface area contributed by atoms with Gasteiger partial charge in [0.1, 0.15) is 5.84 Å². The summed E-state index contributed by atoms with van der Waals surface area (Å²) in [5.41, 5.74) is 1.07. The van der Waals surface area contributed by atoms with Crippen LogP contribution in [0.3, 0.4) is 0 Å². The van der Waals surface area contributed by atoms with E-state index in [-0.39, 0.29) is 5.91 Å². The van der Waals surface area contributed by atoms with E-state index >= 15 is 0 Å². The highest BCUT2D eigenvalue weighted by Gasteiger charge is 2.17. The minimum Gasteiger partial charge on any atom is -0.333 e. The number of aliphatic imine (C=N–C) groups is 1. The molecular weight excluding hydrogens is 176 g/mol. The van der Waals surface area contributed by atoms with Crippen LogP contribution in [0.25, 0.3) is 0 Å². The summed E-state index contributed by atoms with van der Waals surface area (Å²) in [5, 5.41) is 0. The van der Waals surface area contributed by atoms with E-state index in [0.717, 1.165) is 17.9 Å². The highest BCUT2D eigenvalue weighted by molar-refractivity contribution is 6.08. The standard InChI is InChI=1S/C11H12N2O/c1-13(9-5-3-2-4-6-9)10-7-8-11(14)12-10/h2-6H,7-8H2,1H3. The zero-order valence-electron chi connectivity index (χ0n) is 8.10. The minimum atomic E-state index is -0.0113. The van der Waals surface area contributed by atoms with E-state index in [0.29, 0.717) is 6.42 Å². The Kier molecular flexibility index (Phi) is 2.31. The number of benzene rings is 1. The van der Waals surface area contributed by atoms with Gasteiger partial charge in [0, 0.05) is 25.6 Å². The molecule has 14 heavy (non-hydrogen) atoms. The van der Waals surface area contributed by atoms with Crippen molar-refractivity contribution in [1.82, 2.24) is 0 Å². The lowest BCUT2D eigenvalue weighted by Crippen LogP contribution is -2.24. The molecule has 1 aromatic rings. The lowest BCUT2D eigenvalue weighted by Gasteiger charge is -2.18. The molecule has 1 aliphatic heterocycles. The molecule has 0 spiro atoms. The molecule has 0 aromatic heterocycles. The SMILES string of the molecule is CN(C1=NC(=O)CC1)c1ccccc1. The average molecular weight is 188 g/mol. The van der Waals surface area contributed by atoms with Gasteiger partial charge in [-0.2, -0.15) is 4.99 Å². The maximum absolute atomic E-state index is 11.0. The van der Waals surface area contributed by atoms with Gasteiger partial charge in [-0.05, 0) is 12.1 Å². The molecule has 0 aliphatic carbocycles. The van der Waals surface area contributed by atoms with Crippen LogP contribution in [0.15, 0.2) is 35.3 Å². The number of hydrogen-bond acceptors (Lipinski definition) is 2. The summed E-state index contributed by atoms with van der Waals surface area (Å²) < 4.78 is 0. The second-order valence-corrected chi connectivity index (χ2v) is 3.32. The molecule has 1 aliphatic rings. The van der Waals surface area contributed by atoms with E-state index in [2.05, 4.69) is 4.99 Å². The molecule has 0 saturated heterocycles. The highest BCUT2D eigenvalue weighted by Crippen LogP contribution is 2.16. The van der Waals surface area contributed by atoms with Crippen LogP contribution in [0.4, 0.5) is 5.69 Å². The summed E-state index contributed by atoms with van der Waals surface area (Å²) in [6.45, 7) is 0. The number of carbonyl (C=O) groups excluding carboxylic acids is 1. The van der Waals surface area contributed by atoms with Crippen molar-refractivity contribution in [3.05, 3.63) is 30.3 Å². The number of amides is 1. The van der Waals surface area contributed by atoms with Gasteiger partial charge < -0.3 is 4.90 Å². The van der Waals surface area contributed by atoms with Crippen LogP contribution in [0, 0.1) is 0 Å². The van der Waals surface area contributed by atoms with Gasteiger partial charge in [0.15, 0.2) is 0 Å². The number of amidine groups is 1. The molecule has 0 N–H and O–H groups in total. The summed E-state index contributed by atoms with van der Waals surface area (Å²) in [7, 11) is 1.94. The zero-order chi connectivity index (χ0) is 9.97. The quantitative estimate of drug-likeness (QED) is 0.673. The van der Waals surface area contributed by atoms with Crippen molar-refractivity contribution in [1.29, 1.82) is 0 Å². The molecule has 2 rings (SSSR count). The molecule has 3 nitrogen and oxygen atoms in total. The lowest BCUT2D eigenvalue weighted by atomic mass is 10.2. The summed E-state index contributed by atoms with van der Waals surface area (Å²) in [5.74, 6) is 0.851. The molecule has 0 saturated carbocycles. The van der Waals surface area contributed by atoms with Crippen molar-refractivity contribution in [2.24, 2.45) is 4.99 Å². The summed E-state index contributed by atoms with van der Waals surface area (Å²) in [6, 6.07) is 9.93. The van der Waals surface area contributed by atoms with Crippen molar-refractivity contribution < 1.29 is 4.79 Å².